The largest absolute Gasteiger partial charge is 0.343 e. The Labute approximate surface area is 168 Å². The Morgan fingerprint density at radius 3 is 2.07 bits per heavy atom. The van der Waals surface area contributed by atoms with Crippen LogP contribution in [-0.2, 0) is 0 Å². The van der Waals surface area contributed by atoms with Crippen molar-refractivity contribution in [1.29, 1.82) is 0 Å². The number of fused-ring (bicyclic) bond motifs is 1. The zero-order chi connectivity index (χ0) is 19.5. The van der Waals surface area contributed by atoms with Crippen LogP contribution in [0.25, 0.3) is 16.9 Å². The van der Waals surface area contributed by atoms with Crippen LogP contribution in [0.5, 0.6) is 0 Å². The van der Waals surface area contributed by atoms with E-state index in [1.165, 1.54) is 0 Å². The van der Waals surface area contributed by atoms with Crippen molar-refractivity contribution in [3.05, 3.63) is 115 Å². The summed E-state index contributed by atoms with van der Waals surface area (Å²) in [6.07, 6.45) is 3.56. The fourth-order valence-corrected chi connectivity index (χ4v) is 3.47. The minimum atomic E-state index is -0.0489. The first-order valence-electron chi connectivity index (χ1n) is 9.50. The third kappa shape index (κ3) is 3.46. The predicted octanol–water partition coefficient (Wildman–Crippen LogP) is 5.02. The summed E-state index contributed by atoms with van der Waals surface area (Å²) in [5.74, 6) is 1.34. The molecule has 0 bridgehead atoms. The van der Waals surface area contributed by atoms with Crippen LogP contribution in [0, 0.1) is 0 Å². The van der Waals surface area contributed by atoms with Gasteiger partial charge in [-0.15, -0.1) is 0 Å². The van der Waals surface area contributed by atoms with Gasteiger partial charge in [-0.25, -0.2) is 9.97 Å². The van der Waals surface area contributed by atoms with E-state index in [-0.39, 0.29) is 6.04 Å². The fraction of sp³-hybridized carbons (Fsp3) is 0.0417. The monoisotopic (exact) mass is 377 g/mol. The molecule has 5 aromatic rings. The standard InChI is InChI=1S/C24H19N5/c1-3-9-18(10-4-1)23(19-11-5-2-6-12-19)28-24-25-16-15-22(27-24)29-17-26-20-13-7-8-14-21(20)29/h1-17,23H,(H,25,27,28). The van der Waals surface area contributed by atoms with Gasteiger partial charge in [0.1, 0.15) is 12.1 Å². The van der Waals surface area contributed by atoms with Crippen LogP contribution in [-0.4, -0.2) is 19.5 Å². The second-order valence-electron chi connectivity index (χ2n) is 6.74. The van der Waals surface area contributed by atoms with Crippen LogP contribution in [0.3, 0.4) is 0 Å². The van der Waals surface area contributed by atoms with E-state index in [1.54, 1.807) is 12.5 Å². The molecule has 0 unspecified atom stereocenters. The van der Waals surface area contributed by atoms with Gasteiger partial charge in [-0.05, 0) is 29.3 Å². The van der Waals surface area contributed by atoms with Crippen molar-refractivity contribution in [1.82, 2.24) is 19.5 Å². The molecule has 2 heterocycles. The number of imidazole rings is 1. The summed E-state index contributed by atoms with van der Waals surface area (Å²) in [6.45, 7) is 0. The van der Waals surface area contributed by atoms with E-state index in [0.717, 1.165) is 28.0 Å². The van der Waals surface area contributed by atoms with Crippen molar-refractivity contribution in [2.24, 2.45) is 0 Å². The molecule has 3 aromatic carbocycles. The number of benzene rings is 3. The first-order chi connectivity index (χ1) is 14.4. The Hall–Kier alpha value is -3.99. The molecule has 5 nitrogen and oxygen atoms in total. The molecular formula is C24H19N5. The van der Waals surface area contributed by atoms with Gasteiger partial charge in [0, 0.05) is 6.20 Å². The average molecular weight is 377 g/mol. The van der Waals surface area contributed by atoms with Crippen LogP contribution < -0.4 is 5.32 Å². The molecule has 1 N–H and O–H groups in total. The second-order valence-corrected chi connectivity index (χ2v) is 6.74. The van der Waals surface area contributed by atoms with Crippen LogP contribution in [0.1, 0.15) is 17.2 Å². The van der Waals surface area contributed by atoms with Gasteiger partial charge in [-0.1, -0.05) is 72.8 Å². The minimum Gasteiger partial charge on any atom is -0.343 e. The first kappa shape index (κ1) is 17.1. The Morgan fingerprint density at radius 1 is 0.690 bits per heavy atom. The molecular weight excluding hydrogens is 358 g/mol. The number of anilines is 1. The Kier molecular flexibility index (Phi) is 4.47. The number of rotatable bonds is 5. The summed E-state index contributed by atoms with van der Waals surface area (Å²) >= 11 is 0. The first-order valence-corrected chi connectivity index (χ1v) is 9.50. The van der Waals surface area contributed by atoms with E-state index in [0.29, 0.717) is 5.95 Å². The highest BCUT2D eigenvalue weighted by Crippen LogP contribution is 2.25. The number of nitrogens with zero attached hydrogens (tertiary/aromatic N) is 4. The van der Waals surface area contributed by atoms with Gasteiger partial charge in [0.25, 0.3) is 0 Å². The maximum absolute atomic E-state index is 4.76. The molecule has 0 aliphatic carbocycles. The number of hydrogen-bond acceptors (Lipinski definition) is 4. The van der Waals surface area contributed by atoms with Gasteiger partial charge < -0.3 is 5.32 Å². The van der Waals surface area contributed by atoms with Crippen LogP contribution in [0.2, 0.25) is 0 Å². The normalized spacial score (nSPS) is 11.1. The Balaban J connectivity index is 1.53. The van der Waals surface area contributed by atoms with E-state index in [4.69, 9.17) is 4.98 Å². The van der Waals surface area contributed by atoms with Crippen molar-refractivity contribution in [3.63, 3.8) is 0 Å². The van der Waals surface area contributed by atoms with Gasteiger partial charge in [-0.2, -0.15) is 4.98 Å². The van der Waals surface area contributed by atoms with Crippen molar-refractivity contribution in [2.75, 3.05) is 5.32 Å². The topological polar surface area (TPSA) is 55.6 Å². The van der Waals surface area contributed by atoms with Crippen molar-refractivity contribution in [2.45, 2.75) is 6.04 Å². The number of hydrogen-bond donors (Lipinski definition) is 1. The molecule has 2 aromatic heterocycles. The highest BCUT2D eigenvalue weighted by atomic mass is 15.2. The summed E-state index contributed by atoms with van der Waals surface area (Å²) in [5.41, 5.74) is 4.26. The summed E-state index contributed by atoms with van der Waals surface area (Å²) in [6, 6.07) is 30.5. The van der Waals surface area contributed by atoms with Gasteiger partial charge >= 0.3 is 0 Å². The molecule has 5 rings (SSSR count). The molecule has 0 atom stereocenters. The molecule has 0 radical (unpaired) electrons. The molecule has 0 saturated heterocycles. The van der Waals surface area contributed by atoms with Crippen LogP contribution in [0.4, 0.5) is 5.95 Å². The van der Waals surface area contributed by atoms with E-state index in [9.17, 15) is 0 Å². The summed E-state index contributed by atoms with van der Waals surface area (Å²) in [4.78, 5) is 13.7. The third-order valence-electron chi connectivity index (χ3n) is 4.88. The van der Waals surface area contributed by atoms with E-state index >= 15 is 0 Å². The van der Waals surface area contributed by atoms with Gasteiger partial charge in [0.05, 0.1) is 17.1 Å². The highest BCUT2D eigenvalue weighted by molar-refractivity contribution is 5.76. The van der Waals surface area contributed by atoms with Crippen LogP contribution in [0.15, 0.2) is 104 Å². The Morgan fingerprint density at radius 2 is 1.34 bits per heavy atom. The average Bonchev–Trinajstić information content (AvgIpc) is 3.23. The molecule has 0 aliphatic heterocycles. The van der Waals surface area contributed by atoms with Crippen molar-refractivity contribution < 1.29 is 0 Å². The second kappa shape index (κ2) is 7.56. The van der Waals surface area contributed by atoms with E-state index in [1.807, 2.05) is 71.3 Å². The number of nitrogens with one attached hydrogen (secondary N) is 1. The minimum absolute atomic E-state index is 0.0489. The number of aromatic nitrogens is 4. The molecule has 5 heteroatoms. The van der Waals surface area contributed by atoms with Crippen LogP contribution >= 0.6 is 0 Å². The third-order valence-corrected chi connectivity index (χ3v) is 4.88. The lowest BCUT2D eigenvalue weighted by Crippen LogP contribution is -2.15. The zero-order valence-electron chi connectivity index (χ0n) is 15.7. The SMILES string of the molecule is c1ccc(C(Nc2nccc(-n3cnc4ccccc43)n2)c2ccccc2)cc1. The van der Waals surface area contributed by atoms with E-state index in [2.05, 4.69) is 39.6 Å². The lowest BCUT2D eigenvalue weighted by molar-refractivity contribution is 0.896. The van der Waals surface area contributed by atoms with E-state index < -0.39 is 0 Å². The summed E-state index contributed by atoms with van der Waals surface area (Å²) in [7, 11) is 0. The quantitative estimate of drug-likeness (QED) is 0.467. The summed E-state index contributed by atoms with van der Waals surface area (Å²) in [5, 5.41) is 3.51. The molecule has 0 amide bonds. The molecule has 0 aliphatic rings. The smallest absolute Gasteiger partial charge is 0.225 e. The Bertz CT molecular complexity index is 1190. The molecule has 29 heavy (non-hydrogen) atoms. The highest BCUT2D eigenvalue weighted by Gasteiger charge is 2.15. The summed E-state index contributed by atoms with van der Waals surface area (Å²) < 4.78 is 1.97. The zero-order valence-corrected chi connectivity index (χ0v) is 15.7. The van der Waals surface area contributed by atoms with Gasteiger partial charge in [0.2, 0.25) is 5.95 Å². The van der Waals surface area contributed by atoms with Crippen molar-refractivity contribution in [3.8, 4) is 5.82 Å². The molecule has 0 fully saturated rings. The fourth-order valence-electron chi connectivity index (χ4n) is 3.47. The van der Waals surface area contributed by atoms with Crippen molar-refractivity contribution >= 4 is 17.0 Å². The maximum Gasteiger partial charge on any atom is 0.225 e. The number of para-hydroxylation sites is 2. The van der Waals surface area contributed by atoms with Gasteiger partial charge in [-0.3, -0.25) is 4.57 Å². The molecule has 0 saturated carbocycles. The lowest BCUT2D eigenvalue weighted by atomic mass is 9.99. The lowest BCUT2D eigenvalue weighted by Gasteiger charge is -2.20. The van der Waals surface area contributed by atoms with Gasteiger partial charge in [0.15, 0.2) is 0 Å². The molecule has 140 valence electrons. The predicted molar refractivity (Wildman–Crippen MR) is 115 cm³/mol. The maximum atomic E-state index is 4.76. The molecule has 0 spiro atoms.